The molecule has 0 unspecified atom stereocenters. The third kappa shape index (κ3) is 4.66. The van der Waals surface area contributed by atoms with E-state index in [1.165, 1.54) is 0 Å². The van der Waals surface area contributed by atoms with Gasteiger partial charge in [-0.05, 0) is 5.04 Å². The summed E-state index contributed by atoms with van der Waals surface area (Å²) in [7, 11) is -0.0502. The topological polar surface area (TPSA) is 0 Å². The minimum atomic E-state index is -0.0502. The zero-order chi connectivity index (χ0) is 6.08. The van der Waals surface area contributed by atoms with Gasteiger partial charge in [-0.3, -0.25) is 0 Å². The number of hydrogen-bond donors (Lipinski definition) is 0. The maximum Gasteiger partial charge on any atom is 0.0470 e. The van der Waals surface area contributed by atoms with Gasteiger partial charge in [0, 0.05) is 8.80 Å². The minimum Gasteiger partial charge on any atom is -1.00 e. The number of rotatable bonds is 0. The summed E-state index contributed by atoms with van der Waals surface area (Å²) in [5.41, 5.74) is 0. The Morgan fingerprint density at radius 2 is 1.12 bits per heavy atom. The molecule has 0 nitrogen and oxygen atoms in total. The maximum atomic E-state index is 2.35. The Kier molecular flexibility index (Phi) is 4.98. The molecular weight excluding hydrogens is 136 g/mol. The highest BCUT2D eigenvalue weighted by atomic mass is 35.5. The van der Waals surface area contributed by atoms with Crippen molar-refractivity contribution in [1.29, 1.82) is 0 Å². The fraction of sp³-hybridized carbons (Fsp3) is 1.00. The second kappa shape index (κ2) is 3.52. The van der Waals surface area contributed by atoms with Crippen molar-refractivity contribution in [3.8, 4) is 0 Å². The predicted octanol–water partition coefficient (Wildman–Crippen LogP) is -0.455. The van der Waals surface area contributed by atoms with E-state index >= 15 is 0 Å². The highest BCUT2D eigenvalue weighted by Gasteiger charge is 2.15. The molecular formula is C6H15ClSi-. The lowest BCUT2D eigenvalue weighted by atomic mass is 10.2. The van der Waals surface area contributed by atoms with E-state index in [1.807, 2.05) is 0 Å². The van der Waals surface area contributed by atoms with Crippen LogP contribution in [-0.2, 0) is 0 Å². The summed E-state index contributed by atoms with van der Waals surface area (Å²) in [6.45, 7) is 11.6. The average molecular weight is 151 g/mol. The zero-order valence-corrected chi connectivity index (χ0v) is 8.13. The summed E-state index contributed by atoms with van der Waals surface area (Å²) < 4.78 is 0. The number of halogens is 1. The average Bonchev–Trinajstić information content (AvgIpc) is 1.31. The summed E-state index contributed by atoms with van der Waals surface area (Å²) in [6.07, 6.45) is 0. The molecule has 0 bridgehead atoms. The van der Waals surface area contributed by atoms with Gasteiger partial charge in [0.2, 0.25) is 0 Å². The first-order valence-electron chi connectivity index (χ1n) is 2.75. The lowest BCUT2D eigenvalue weighted by molar-refractivity contribution is -0.00000200. The quantitative estimate of drug-likeness (QED) is 0.411. The molecule has 0 saturated heterocycles. The highest BCUT2D eigenvalue weighted by molar-refractivity contribution is 6.59. The zero-order valence-electron chi connectivity index (χ0n) is 6.38. The molecule has 0 aromatic carbocycles. The van der Waals surface area contributed by atoms with Crippen LogP contribution in [0.1, 0.15) is 20.8 Å². The Hall–Kier alpha value is 0.507. The second-order valence-corrected chi connectivity index (χ2v) is 6.75. The van der Waals surface area contributed by atoms with Crippen LogP contribution in [0.5, 0.6) is 0 Å². The predicted molar refractivity (Wildman–Crippen MR) is 37.2 cm³/mol. The van der Waals surface area contributed by atoms with Gasteiger partial charge in [0.1, 0.15) is 0 Å². The molecule has 0 rings (SSSR count). The Bertz CT molecular complexity index is 54.0. The van der Waals surface area contributed by atoms with E-state index < -0.39 is 0 Å². The molecule has 0 aromatic rings. The van der Waals surface area contributed by atoms with Gasteiger partial charge in [-0.1, -0.05) is 33.9 Å². The van der Waals surface area contributed by atoms with Gasteiger partial charge in [0.25, 0.3) is 0 Å². The molecule has 0 saturated carbocycles. The van der Waals surface area contributed by atoms with Gasteiger partial charge >= 0.3 is 0 Å². The summed E-state index contributed by atoms with van der Waals surface area (Å²) in [4.78, 5) is 0. The van der Waals surface area contributed by atoms with E-state index in [-0.39, 0.29) is 21.2 Å². The molecule has 0 heterocycles. The third-order valence-electron chi connectivity index (χ3n) is 1.50. The van der Waals surface area contributed by atoms with Gasteiger partial charge < -0.3 is 12.4 Å². The minimum absolute atomic E-state index is 0. The molecule has 1 radical (unpaired) electrons. The van der Waals surface area contributed by atoms with E-state index in [9.17, 15) is 0 Å². The van der Waals surface area contributed by atoms with Crippen LogP contribution in [0.2, 0.25) is 18.1 Å². The van der Waals surface area contributed by atoms with E-state index in [2.05, 4.69) is 33.9 Å². The summed E-state index contributed by atoms with van der Waals surface area (Å²) in [5, 5.41) is 0.602. The Labute approximate surface area is 60.7 Å². The molecule has 2 heteroatoms. The van der Waals surface area contributed by atoms with Crippen LogP contribution in [0.15, 0.2) is 0 Å². The number of hydrogen-bond acceptors (Lipinski definition) is 0. The summed E-state index contributed by atoms with van der Waals surface area (Å²) in [6, 6.07) is 0. The Morgan fingerprint density at radius 1 is 1.00 bits per heavy atom. The van der Waals surface area contributed by atoms with Crippen molar-refractivity contribution in [2.75, 3.05) is 0 Å². The van der Waals surface area contributed by atoms with Crippen molar-refractivity contribution in [2.45, 2.75) is 38.9 Å². The first kappa shape index (κ1) is 11.3. The van der Waals surface area contributed by atoms with Gasteiger partial charge in [-0.25, -0.2) is 0 Å². The lowest BCUT2D eigenvalue weighted by Gasteiger charge is -2.20. The standard InChI is InChI=1S/C6H15Si.ClH/c1-6(2,3)7(4)5;/h1-5H3;1H/p-1. The molecule has 8 heavy (non-hydrogen) atoms. The van der Waals surface area contributed by atoms with Crippen molar-refractivity contribution in [3.05, 3.63) is 0 Å². The van der Waals surface area contributed by atoms with Gasteiger partial charge in [0.15, 0.2) is 0 Å². The van der Waals surface area contributed by atoms with Crippen LogP contribution >= 0.6 is 0 Å². The van der Waals surface area contributed by atoms with Gasteiger partial charge in [-0.2, -0.15) is 0 Å². The monoisotopic (exact) mass is 150 g/mol. The van der Waals surface area contributed by atoms with Crippen molar-refractivity contribution >= 4 is 8.80 Å². The first-order valence-corrected chi connectivity index (χ1v) is 5.25. The third-order valence-corrected chi connectivity index (χ3v) is 4.50. The summed E-state index contributed by atoms with van der Waals surface area (Å²) >= 11 is 0. The fourth-order valence-electron chi connectivity index (χ4n) is 0. The largest absolute Gasteiger partial charge is 1.00 e. The van der Waals surface area contributed by atoms with Crippen molar-refractivity contribution in [1.82, 2.24) is 0 Å². The first-order chi connectivity index (χ1) is 2.94. The SMILES string of the molecule is C[Si](C)C(C)(C)C.[Cl-]. The van der Waals surface area contributed by atoms with Crippen LogP contribution in [0.3, 0.4) is 0 Å². The molecule has 0 aliphatic rings. The normalized spacial score (nSPS) is 11.2. The summed E-state index contributed by atoms with van der Waals surface area (Å²) in [5.74, 6) is 0. The van der Waals surface area contributed by atoms with Crippen LogP contribution in [0, 0.1) is 0 Å². The van der Waals surface area contributed by atoms with Crippen molar-refractivity contribution < 1.29 is 12.4 Å². The smallest absolute Gasteiger partial charge is 0.0470 e. The molecule has 51 valence electrons. The highest BCUT2D eigenvalue weighted by Crippen LogP contribution is 2.25. The van der Waals surface area contributed by atoms with Gasteiger partial charge in [-0.15, -0.1) is 0 Å². The van der Waals surface area contributed by atoms with E-state index in [1.54, 1.807) is 0 Å². The molecule has 0 N–H and O–H groups in total. The van der Waals surface area contributed by atoms with E-state index in [0.29, 0.717) is 5.04 Å². The van der Waals surface area contributed by atoms with Crippen LogP contribution < -0.4 is 12.4 Å². The second-order valence-electron chi connectivity index (χ2n) is 3.25. The van der Waals surface area contributed by atoms with Crippen molar-refractivity contribution in [2.24, 2.45) is 0 Å². The molecule has 0 fully saturated rings. The molecule has 0 aromatic heterocycles. The Balaban J connectivity index is 0. The van der Waals surface area contributed by atoms with E-state index in [4.69, 9.17) is 0 Å². The molecule has 0 aliphatic carbocycles. The van der Waals surface area contributed by atoms with Crippen LogP contribution in [0.25, 0.3) is 0 Å². The lowest BCUT2D eigenvalue weighted by Crippen LogP contribution is -3.00. The molecule has 0 atom stereocenters. The fourth-order valence-corrected chi connectivity index (χ4v) is 0. The molecule has 0 amide bonds. The van der Waals surface area contributed by atoms with E-state index in [0.717, 1.165) is 0 Å². The molecule has 0 aliphatic heterocycles. The maximum absolute atomic E-state index is 2.35. The van der Waals surface area contributed by atoms with Gasteiger partial charge in [0.05, 0.1) is 0 Å². The Morgan fingerprint density at radius 3 is 1.12 bits per heavy atom. The molecule has 0 spiro atoms. The van der Waals surface area contributed by atoms with Crippen LogP contribution in [0.4, 0.5) is 0 Å². The van der Waals surface area contributed by atoms with Crippen LogP contribution in [-0.4, -0.2) is 8.80 Å². The van der Waals surface area contributed by atoms with Crippen molar-refractivity contribution in [3.63, 3.8) is 0 Å².